The average molecular weight is 251 g/mol. The van der Waals surface area contributed by atoms with Gasteiger partial charge in [0.25, 0.3) is 0 Å². The smallest absolute Gasteiger partial charge is 0.103 e. The SMILES string of the molecule is Cc1ccc(C(O)CCc2ccco2)cc1Cl. The van der Waals surface area contributed by atoms with Crippen LogP contribution in [0.2, 0.25) is 5.02 Å². The number of halogens is 1. The standard InChI is InChI=1S/C14H15ClO2/c1-10-4-5-11(9-13(10)15)14(16)7-6-12-3-2-8-17-12/h2-5,8-9,14,16H,6-7H2,1H3. The Balaban J connectivity index is 1.99. The predicted octanol–water partition coefficient (Wildman–Crippen LogP) is 3.91. The first-order valence-electron chi connectivity index (χ1n) is 5.63. The number of hydrogen-bond donors (Lipinski definition) is 1. The van der Waals surface area contributed by atoms with Crippen LogP contribution in [-0.4, -0.2) is 5.11 Å². The summed E-state index contributed by atoms with van der Waals surface area (Å²) in [7, 11) is 0. The van der Waals surface area contributed by atoms with E-state index in [1.54, 1.807) is 6.26 Å². The molecule has 0 saturated carbocycles. The van der Waals surface area contributed by atoms with Crippen molar-refractivity contribution in [3.8, 4) is 0 Å². The molecule has 1 aromatic heterocycles. The first kappa shape index (κ1) is 12.2. The minimum atomic E-state index is -0.502. The van der Waals surface area contributed by atoms with Gasteiger partial charge < -0.3 is 9.52 Å². The Kier molecular flexibility index (Phi) is 3.87. The number of hydrogen-bond acceptors (Lipinski definition) is 2. The molecule has 0 aliphatic heterocycles. The molecule has 2 nitrogen and oxygen atoms in total. The maximum Gasteiger partial charge on any atom is 0.103 e. The van der Waals surface area contributed by atoms with E-state index >= 15 is 0 Å². The van der Waals surface area contributed by atoms with E-state index in [1.807, 2.05) is 37.3 Å². The van der Waals surface area contributed by atoms with Crippen LogP contribution in [0.5, 0.6) is 0 Å². The molecule has 2 aromatic rings. The third-order valence-corrected chi connectivity index (χ3v) is 3.23. The number of aliphatic hydroxyl groups is 1. The highest BCUT2D eigenvalue weighted by atomic mass is 35.5. The fraction of sp³-hybridized carbons (Fsp3) is 0.286. The third kappa shape index (κ3) is 3.11. The van der Waals surface area contributed by atoms with Gasteiger partial charge in [-0.05, 0) is 42.7 Å². The van der Waals surface area contributed by atoms with Crippen molar-refractivity contribution < 1.29 is 9.52 Å². The normalized spacial score (nSPS) is 12.6. The molecule has 0 amide bonds. The van der Waals surface area contributed by atoms with Crippen molar-refractivity contribution in [3.05, 3.63) is 58.5 Å². The molecule has 90 valence electrons. The van der Waals surface area contributed by atoms with E-state index in [4.69, 9.17) is 16.0 Å². The molecule has 0 saturated heterocycles. The van der Waals surface area contributed by atoms with Gasteiger partial charge in [0.1, 0.15) is 5.76 Å². The van der Waals surface area contributed by atoms with E-state index in [0.29, 0.717) is 11.4 Å². The zero-order valence-corrected chi connectivity index (χ0v) is 10.4. The van der Waals surface area contributed by atoms with Crippen LogP contribution in [0.3, 0.4) is 0 Å². The van der Waals surface area contributed by atoms with Crippen molar-refractivity contribution in [3.63, 3.8) is 0 Å². The summed E-state index contributed by atoms with van der Waals surface area (Å²) in [6.45, 7) is 1.95. The summed E-state index contributed by atoms with van der Waals surface area (Å²) in [5, 5.41) is 10.7. The summed E-state index contributed by atoms with van der Waals surface area (Å²) in [4.78, 5) is 0. The highest BCUT2D eigenvalue weighted by Crippen LogP contribution is 2.24. The summed E-state index contributed by atoms with van der Waals surface area (Å²) >= 11 is 6.03. The molecule has 0 aliphatic rings. The molecule has 1 atom stereocenters. The van der Waals surface area contributed by atoms with Crippen LogP contribution >= 0.6 is 11.6 Å². The number of furan rings is 1. The van der Waals surface area contributed by atoms with Crippen LogP contribution in [0.1, 0.15) is 29.4 Å². The summed E-state index contributed by atoms with van der Waals surface area (Å²) in [5.74, 6) is 0.891. The topological polar surface area (TPSA) is 33.4 Å². The summed E-state index contributed by atoms with van der Waals surface area (Å²) in [6.07, 6.45) is 2.50. The molecular formula is C14H15ClO2. The average Bonchev–Trinajstić information content (AvgIpc) is 2.82. The molecule has 1 N–H and O–H groups in total. The van der Waals surface area contributed by atoms with Crippen molar-refractivity contribution in [1.29, 1.82) is 0 Å². The van der Waals surface area contributed by atoms with Crippen LogP contribution < -0.4 is 0 Å². The molecule has 0 radical (unpaired) electrons. The molecule has 0 fully saturated rings. The van der Waals surface area contributed by atoms with Gasteiger partial charge in [0, 0.05) is 11.4 Å². The molecular weight excluding hydrogens is 236 g/mol. The summed E-state index contributed by atoms with van der Waals surface area (Å²) in [6, 6.07) is 9.42. The Labute approximate surface area is 106 Å². The van der Waals surface area contributed by atoms with Crippen molar-refractivity contribution >= 4 is 11.6 Å². The van der Waals surface area contributed by atoms with Gasteiger partial charge >= 0.3 is 0 Å². The van der Waals surface area contributed by atoms with Crippen LogP contribution in [0.15, 0.2) is 41.0 Å². The fourth-order valence-electron chi connectivity index (χ4n) is 1.72. The summed E-state index contributed by atoms with van der Waals surface area (Å²) in [5.41, 5.74) is 1.88. The second-order valence-corrected chi connectivity index (χ2v) is 4.55. The number of aryl methyl sites for hydroxylation is 2. The Hall–Kier alpha value is -1.25. The molecule has 3 heteroatoms. The zero-order chi connectivity index (χ0) is 12.3. The first-order valence-corrected chi connectivity index (χ1v) is 6.01. The maximum absolute atomic E-state index is 10.0. The second kappa shape index (κ2) is 5.39. The monoisotopic (exact) mass is 250 g/mol. The van der Waals surface area contributed by atoms with Gasteiger partial charge in [-0.15, -0.1) is 0 Å². The van der Waals surface area contributed by atoms with Crippen molar-refractivity contribution in [2.24, 2.45) is 0 Å². The van der Waals surface area contributed by atoms with Gasteiger partial charge in [0.05, 0.1) is 12.4 Å². The zero-order valence-electron chi connectivity index (χ0n) is 9.69. The number of aliphatic hydroxyl groups excluding tert-OH is 1. The minimum absolute atomic E-state index is 0.502. The highest BCUT2D eigenvalue weighted by Gasteiger charge is 2.10. The largest absolute Gasteiger partial charge is 0.469 e. The summed E-state index contributed by atoms with van der Waals surface area (Å²) < 4.78 is 5.23. The second-order valence-electron chi connectivity index (χ2n) is 4.14. The molecule has 1 aromatic carbocycles. The maximum atomic E-state index is 10.0. The van der Waals surface area contributed by atoms with Gasteiger partial charge in [0.2, 0.25) is 0 Å². The molecule has 0 spiro atoms. The molecule has 1 unspecified atom stereocenters. The van der Waals surface area contributed by atoms with Gasteiger partial charge in [-0.3, -0.25) is 0 Å². The lowest BCUT2D eigenvalue weighted by Gasteiger charge is -2.11. The highest BCUT2D eigenvalue weighted by molar-refractivity contribution is 6.31. The molecule has 0 aliphatic carbocycles. The Morgan fingerprint density at radius 3 is 2.82 bits per heavy atom. The minimum Gasteiger partial charge on any atom is -0.469 e. The van der Waals surface area contributed by atoms with Gasteiger partial charge in [-0.25, -0.2) is 0 Å². The third-order valence-electron chi connectivity index (χ3n) is 2.82. The van der Waals surface area contributed by atoms with Gasteiger partial charge in [-0.1, -0.05) is 23.7 Å². The van der Waals surface area contributed by atoms with Crippen molar-refractivity contribution in [1.82, 2.24) is 0 Å². The lowest BCUT2D eigenvalue weighted by Crippen LogP contribution is -1.99. The molecule has 0 bridgehead atoms. The molecule has 1 heterocycles. The lowest BCUT2D eigenvalue weighted by molar-refractivity contribution is 0.165. The van der Waals surface area contributed by atoms with Crippen LogP contribution in [0, 0.1) is 6.92 Å². The quantitative estimate of drug-likeness (QED) is 0.893. The van der Waals surface area contributed by atoms with E-state index < -0.39 is 6.10 Å². The van der Waals surface area contributed by atoms with Crippen molar-refractivity contribution in [2.45, 2.75) is 25.9 Å². The first-order chi connectivity index (χ1) is 8.16. The number of benzene rings is 1. The molecule has 2 rings (SSSR count). The number of rotatable bonds is 4. The lowest BCUT2D eigenvalue weighted by atomic mass is 10.0. The molecule has 17 heavy (non-hydrogen) atoms. The van der Waals surface area contributed by atoms with E-state index in [9.17, 15) is 5.11 Å². The van der Waals surface area contributed by atoms with Crippen LogP contribution in [0.4, 0.5) is 0 Å². The van der Waals surface area contributed by atoms with E-state index in [-0.39, 0.29) is 0 Å². The van der Waals surface area contributed by atoms with E-state index in [1.165, 1.54) is 0 Å². The van der Waals surface area contributed by atoms with Gasteiger partial charge in [-0.2, -0.15) is 0 Å². The Morgan fingerprint density at radius 1 is 1.35 bits per heavy atom. The fourth-order valence-corrected chi connectivity index (χ4v) is 1.91. The van der Waals surface area contributed by atoms with E-state index in [0.717, 1.165) is 23.3 Å². The van der Waals surface area contributed by atoms with Crippen LogP contribution in [-0.2, 0) is 6.42 Å². The Bertz CT molecular complexity index is 477. The van der Waals surface area contributed by atoms with Crippen molar-refractivity contribution in [2.75, 3.05) is 0 Å². The van der Waals surface area contributed by atoms with Crippen LogP contribution in [0.25, 0.3) is 0 Å². The van der Waals surface area contributed by atoms with E-state index in [2.05, 4.69) is 0 Å². The van der Waals surface area contributed by atoms with Gasteiger partial charge in [0.15, 0.2) is 0 Å². The predicted molar refractivity (Wildman–Crippen MR) is 68.2 cm³/mol. The Morgan fingerprint density at radius 2 is 2.18 bits per heavy atom.